The summed E-state index contributed by atoms with van der Waals surface area (Å²) in [6, 6.07) is 23.4. The maximum atomic E-state index is 4.40. The van der Waals surface area contributed by atoms with Crippen LogP contribution in [0.1, 0.15) is 59.8 Å². The summed E-state index contributed by atoms with van der Waals surface area (Å²) in [7, 11) is -2.32. The van der Waals surface area contributed by atoms with Gasteiger partial charge in [-0.1, -0.05) is 98.0 Å². The average molecular weight is 402 g/mol. The summed E-state index contributed by atoms with van der Waals surface area (Å²) >= 11 is 0. The zero-order valence-electron chi connectivity index (χ0n) is 18.5. The molecule has 1 nitrogen and oxygen atoms in total. The minimum Gasteiger partial charge on any atom is -0.324 e. The molecule has 2 aliphatic rings. The van der Waals surface area contributed by atoms with Gasteiger partial charge in [-0.3, -0.25) is 0 Å². The Morgan fingerprint density at radius 2 is 1.24 bits per heavy atom. The van der Waals surface area contributed by atoms with Crippen LogP contribution in [0, 0.1) is 5.92 Å². The standard InChI is InChI=1S/C27H35NSi/c1-20-21(2)23(4)27(22(20)3)29(25-16-10-6-11-17-25,26-18-12-7-13-19-26)28-24-14-8-5-9-15-24/h6-7,10-13,16-19,22,24,28H,5,8-9,14-15H2,1-4H3. The summed E-state index contributed by atoms with van der Waals surface area (Å²) < 4.78 is 0. The van der Waals surface area contributed by atoms with Gasteiger partial charge >= 0.3 is 0 Å². The molecule has 1 N–H and O–H groups in total. The molecule has 0 spiro atoms. The van der Waals surface area contributed by atoms with E-state index in [0.717, 1.165) is 0 Å². The first kappa shape index (κ1) is 20.4. The predicted molar refractivity (Wildman–Crippen MR) is 128 cm³/mol. The fourth-order valence-corrected chi connectivity index (χ4v) is 11.0. The van der Waals surface area contributed by atoms with Crippen LogP contribution in [0.3, 0.4) is 0 Å². The van der Waals surface area contributed by atoms with Gasteiger partial charge in [-0.25, -0.2) is 0 Å². The van der Waals surface area contributed by atoms with E-state index in [9.17, 15) is 0 Å². The van der Waals surface area contributed by atoms with Crippen molar-refractivity contribution in [1.82, 2.24) is 4.98 Å². The second kappa shape index (κ2) is 8.45. The van der Waals surface area contributed by atoms with Crippen molar-refractivity contribution in [3.63, 3.8) is 0 Å². The van der Waals surface area contributed by atoms with Gasteiger partial charge in [-0.05, 0) is 60.7 Å². The Balaban J connectivity index is 1.96. The molecule has 4 rings (SSSR count). The Morgan fingerprint density at radius 1 is 0.724 bits per heavy atom. The molecular formula is C27H35NSi. The third kappa shape index (κ3) is 3.58. The Bertz CT molecular complexity index is 865. The second-order valence-corrected chi connectivity index (χ2v) is 12.5. The molecule has 2 aromatic carbocycles. The quantitative estimate of drug-likeness (QED) is 0.651. The van der Waals surface area contributed by atoms with Gasteiger partial charge in [0.15, 0.2) is 0 Å². The van der Waals surface area contributed by atoms with E-state index in [1.165, 1.54) is 53.6 Å². The van der Waals surface area contributed by atoms with Gasteiger partial charge in [0.25, 0.3) is 0 Å². The van der Waals surface area contributed by atoms with Gasteiger partial charge in [0, 0.05) is 6.04 Å². The lowest BCUT2D eigenvalue weighted by Gasteiger charge is -2.42. The molecule has 0 saturated heterocycles. The Kier molecular flexibility index (Phi) is 5.94. The highest BCUT2D eigenvalue weighted by Crippen LogP contribution is 2.41. The highest BCUT2D eigenvalue weighted by atomic mass is 28.3. The van der Waals surface area contributed by atoms with Crippen LogP contribution < -0.4 is 15.4 Å². The van der Waals surface area contributed by atoms with Gasteiger partial charge < -0.3 is 4.98 Å². The lowest BCUT2D eigenvalue weighted by Crippen LogP contribution is -2.73. The molecule has 1 unspecified atom stereocenters. The lowest BCUT2D eigenvalue weighted by molar-refractivity contribution is 0.415. The Labute approximate surface area is 178 Å². The molecule has 0 heterocycles. The summed E-state index contributed by atoms with van der Waals surface area (Å²) in [5.41, 5.74) is 4.58. The van der Waals surface area contributed by atoms with Crippen molar-refractivity contribution in [2.45, 2.75) is 65.8 Å². The first-order valence-corrected chi connectivity index (χ1v) is 13.3. The summed E-state index contributed by atoms with van der Waals surface area (Å²) in [6.07, 6.45) is 6.72. The molecule has 29 heavy (non-hydrogen) atoms. The predicted octanol–water partition coefficient (Wildman–Crippen LogP) is 5.51. The van der Waals surface area contributed by atoms with Gasteiger partial charge in [-0.15, -0.1) is 0 Å². The van der Waals surface area contributed by atoms with Gasteiger partial charge in [-0.2, -0.15) is 0 Å². The van der Waals surface area contributed by atoms with E-state index in [2.05, 4.69) is 93.3 Å². The highest BCUT2D eigenvalue weighted by Gasteiger charge is 2.47. The molecule has 1 saturated carbocycles. The van der Waals surface area contributed by atoms with Crippen molar-refractivity contribution in [3.05, 3.63) is 82.6 Å². The largest absolute Gasteiger partial charge is 0.324 e. The summed E-state index contributed by atoms with van der Waals surface area (Å²) in [6.45, 7) is 9.46. The van der Waals surface area contributed by atoms with Crippen LogP contribution in [0.5, 0.6) is 0 Å². The van der Waals surface area contributed by atoms with E-state index in [-0.39, 0.29) is 0 Å². The molecule has 1 fully saturated rings. The van der Waals surface area contributed by atoms with Gasteiger partial charge in [0.1, 0.15) is 0 Å². The van der Waals surface area contributed by atoms with Crippen LogP contribution in [0.2, 0.25) is 0 Å². The van der Waals surface area contributed by atoms with Crippen molar-refractivity contribution in [2.24, 2.45) is 5.92 Å². The number of hydrogen-bond acceptors (Lipinski definition) is 1. The molecule has 2 heteroatoms. The van der Waals surface area contributed by atoms with E-state index < -0.39 is 8.24 Å². The molecule has 1 atom stereocenters. The monoisotopic (exact) mass is 401 g/mol. The molecule has 0 aliphatic heterocycles. The molecule has 0 aromatic heterocycles. The number of rotatable bonds is 5. The third-order valence-electron chi connectivity index (χ3n) is 7.48. The number of nitrogens with one attached hydrogen (secondary N) is 1. The van der Waals surface area contributed by atoms with Crippen LogP contribution >= 0.6 is 0 Å². The normalized spacial score (nSPS) is 21.2. The molecule has 0 amide bonds. The van der Waals surface area contributed by atoms with E-state index in [1.54, 1.807) is 10.8 Å². The van der Waals surface area contributed by atoms with Crippen LogP contribution in [-0.2, 0) is 0 Å². The maximum Gasteiger partial charge on any atom is 0.219 e. The van der Waals surface area contributed by atoms with Crippen LogP contribution in [0.4, 0.5) is 0 Å². The average Bonchev–Trinajstić information content (AvgIpc) is 2.97. The Morgan fingerprint density at radius 3 is 1.69 bits per heavy atom. The SMILES string of the molecule is CC1=C(C)C(C)C([Si](NC2CCCCC2)(c2ccccc2)c2ccccc2)=C1C. The first-order chi connectivity index (χ1) is 14.1. The third-order valence-corrected chi connectivity index (χ3v) is 12.3. The smallest absolute Gasteiger partial charge is 0.219 e. The van der Waals surface area contributed by atoms with Crippen molar-refractivity contribution in [2.75, 3.05) is 0 Å². The highest BCUT2D eigenvalue weighted by molar-refractivity contribution is 7.06. The topological polar surface area (TPSA) is 12.0 Å². The zero-order chi connectivity index (χ0) is 20.4. The fourth-order valence-electron chi connectivity index (χ4n) is 5.62. The molecular weight excluding hydrogens is 366 g/mol. The van der Waals surface area contributed by atoms with E-state index in [4.69, 9.17) is 0 Å². The van der Waals surface area contributed by atoms with Gasteiger partial charge in [0.2, 0.25) is 8.24 Å². The number of allylic oxidation sites excluding steroid dienone is 4. The first-order valence-electron chi connectivity index (χ1n) is 11.3. The van der Waals surface area contributed by atoms with Crippen molar-refractivity contribution < 1.29 is 0 Å². The van der Waals surface area contributed by atoms with Crippen LogP contribution in [0.15, 0.2) is 82.6 Å². The molecule has 2 aromatic rings. The van der Waals surface area contributed by atoms with E-state index in [1.807, 2.05) is 0 Å². The Hall–Kier alpha value is -1.90. The fraction of sp³-hybridized carbons (Fsp3) is 0.407. The van der Waals surface area contributed by atoms with Crippen LogP contribution in [-0.4, -0.2) is 14.3 Å². The van der Waals surface area contributed by atoms with Gasteiger partial charge in [0.05, 0.1) is 0 Å². The maximum absolute atomic E-state index is 4.40. The minimum absolute atomic E-state index is 0.498. The number of benzene rings is 2. The molecule has 2 aliphatic carbocycles. The van der Waals surface area contributed by atoms with Crippen molar-refractivity contribution in [1.29, 1.82) is 0 Å². The number of hydrogen-bond donors (Lipinski definition) is 1. The van der Waals surface area contributed by atoms with E-state index in [0.29, 0.717) is 12.0 Å². The minimum atomic E-state index is -2.32. The lowest BCUT2D eigenvalue weighted by atomic mass is 9.96. The summed E-state index contributed by atoms with van der Waals surface area (Å²) in [4.78, 5) is 4.40. The zero-order valence-corrected chi connectivity index (χ0v) is 19.5. The van der Waals surface area contributed by atoms with Crippen molar-refractivity contribution in [3.8, 4) is 0 Å². The summed E-state index contributed by atoms with van der Waals surface area (Å²) in [5, 5.41) is 4.68. The van der Waals surface area contributed by atoms with E-state index >= 15 is 0 Å². The molecule has 0 bridgehead atoms. The summed E-state index contributed by atoms with van der Waals surface area (Å²) in [5.74, 6) is 0.498. The molecule has 0 radical (unpaired) electrons. The second-order valence-electron chi connectivity index (χ2n) is 9.03. The van der Waals surface area contributed by atoms with Crippen LogP contribution in [0.25, 0.3) is 0 Å². The molecule has 152 valence electrons. The van der Waals surface area contributed by atoms with Crippen molar-refractivity contribution >= 4 is 18.6 Å².